The van der Waals surface area contributed by atoms with Crippen molar-refractivity contribution >= 4 is 52.1 Å². The highest BCUT2D eigenvalue weighted by Crippen LogP contribution is 2.38. The third-order valence-corrected chi connectivity index (χ3v) is 6.02. The summed E-state index contributed by atoms with van der Waals surface area (Å²) in [7, 11) is 0. The molecular weight excluding hydrogens is 433 g/mol. The summed E-state index contributed by atoms with van der Waals surface area (Å²) in [6, 6.07) is 14.7. The fraction of sp³-hybridized carbons (Fsp3) is 0.143. The predicted molar refractivity (Wildman–Crippen MR) is 117 cm³/mol. The quantitative estimate of drug-likeness (QED) is 0.524. The van der Waals surface area contributed by atoms with Crippen LogP contribution in [0.25, 0.3) is 10.4 Å². The molecule has 1 atom stereocenters. The van der Waals surface area contributed by atoms with E-state index in [1.807, 2.05) is 30.3 Å². The van der Waals surface area contributed by atoms with Gasteiger partial charge < -0.3 is 15.1 Å². The third kappa shape index (κ3) is 4.46. The zero-order valence-corrected chi connectivity index (χ0v) is 17.6. The molecule has 0 aliphatic rings. The van der Waals surface area contributed by atoms with Gasteiger partial charge in [-0.05, 0) is 36.8 Å². The fourth-order valence-corrected chi connectivity index (χ4v) is 4.36. The summed E-state index contributed by atoms with van der Waals surface area (Å²) < 4.78 is 0. The Kier molecular flexibility index (Phi) is 6.59. The number of aliphatic hydroxyl groups excluding tert-OH is 1. The van der Waals surface area contributed by atoms with Crippen molar-refractivity contribution in [2.75, 3.05) is 11.5 Å². The molecule has 0 fully saturated rings. The number of hydrogen-bond acceptors (Lipinski definition) is 4. The van der Waals surface area contributed by atoms with Gasteiger partial charge in [-0.25, -0.2) is 4.79 Å². The average molecular weight is 450 g/mol. The molecule has 1 unspecified atom stereocenters. The monoisotopic (exact) mass is 449 g/mol. The van der Waals surface area contributed by atoms with Crippen molar-refractivity contribution in [1.29, 1.82) is 0 Å². The number of hydrogen-bond donors (Lipinski definition) is 2. The van der Waals surface area contributed by atoms with E-state index in [9.17, 15) is 19.8 Å². The highest BCUT2D eigenvalue weighted by molar-refractivity contribution is 7.18. The van der Waals surface area contributed by atoms with Gasteiger partial charge in [0.25, 0.3) is 5.91 Å². The van der Waals surface area contributed by atoms with Gasteiger partial charge in [-0.15, -0.1) is 11.3 Å². The maximum Gasteiger partial charge on any atom is 0.348 e. The van der Waals surface area contributed by atoms with Crippen LogP contribution in [0.1, 0.15) is 27.0 Å². The van der Waals surface area contributed by atoms with Crippen molar-refractivity contribution in [1.82, 2.24) is 0 Å². The first-order valence-corrected chi connectivity index (χ1v) is 10.2. The smallest absolute Gasteiger partial charge is 0.348 e. The molecule has 0 spiro atoms. The minimum atomic E-state index is -1.16. The molecule has 0 saturated carbocycles. The lowest BCUT2D eigenvalue weighted by atomic mass is 10.1. The number of halogens is 2. The van der Waals surface area contributed by atoms with E-state index in [1.165, 1.54) is 23.1 Å². The first kappa shape index (κ1) is 21.3. The molecule has 1 aromatic heterocycles. The van der Waals surface area contributed by atoms with E-state index >= 15 is 0 Å². The second kappa shape index (κ2) is 8.97. The lowest BCUT2D eigenvalue weighted by molar-refractivity contribution is 0.0702. The van der Waals surface area contributed by atoms with E-state index in [0.29, 0.717) is 9.90 Å². The highest BCUT2D eigenvalue weighted by Gasteiger charge is 2.30. The molecule has 0 bridgehead atoms. The number of thiophene rings is 1. The van der Waals surface area contributed by atoms with Gasteiger partial charge in [0.2, 0.25) is 0 Å². The molecule has 0 radical (unpaired) electrons. The van der Waals surface area contributed by atoms with Crippen molar-refractivity contribution < 1.29 is 19.8 Å². The van der Waals surface area contributed by atoms with Crippen molar-refractivity contribution in [2.24, 2.45) is 0 Å². The molecule has 0 aliphatic carbocycles. The van der Waals surface area contributed by atoms with Gasteiger partial charge in [0, 0.05) is 9.90 Å². The molecule has 1 heterocycles. The number of carboxylic acids is 1. The minimum Gasteiger partial charge on any atom is -0.477 e. The molecule has 8 heteroatoms. The van der Waals surface area contributed by atoms with Crippen LogP contribution in [0, 0.1) is 0 Å². The summed E-state index contributed by atoms with van der Waals surface area (Å²) in [5.74, 6) is -1.68. The van der Waals surface area contributed by atoms with Crippen LogP contribution in [0.3, 0.4) is 0 Å². The van der Waals surface area contributed by atoms with Gasteiger partial charge in [-0.1, -0.05) is 53.5 Å². The van der Waals surface area contributed by atoms with Crippen LogP contribution in [0.5, 0.6) is 0 Å². The summed E-state index contributed by atoms with van der Waals surface area (Å²) in [5.41, 5.74) is 1.21. The Morgan fingerprint density at radius 3 is 2.38 bits per heavy atom. The van der Waals surface area contributed by atoms with E-state index < -0.39 is 17.9 Å². The minimum absolute atomic E-state index is 0.00240. The van der Waals surface area contributed by atoms with E-state index in [-0.39, 0.29) is 27.8 Å². The molecule has 0 aliphatic heterocycles. The number of carbonyl (C=O) groups excluding carboxylic acids is 1. The molecule has 29 heavy (non-hydrogen) atoms. The molecule has 2 N–H and O–H groups in total. The van der Waals surface area contributed by atoms with Crippen LogP contribution < -0.4 is 4.90 Å². The van der Waals surface area contributed by atoms with E-state index in [2.05, 4.69) is 0 Å². The largest absolute Gasteiger partial charge is 0.477 e. The van der Waals surface area contributed by atoms with E-state index in [4.69, 9.17) is 23.2 Å². The summed E-state index contributed by atoms with van der Waals surface area (Å²) in [6.45, 7) is 1.28. The van der Waals surface area contributed by atoms with Crippen LogP contribution in [0.2, 0.25) is 10.0 Å². The second-order valence-electron chi connectivity index (χ2n) is 6.33. The molecule has 0 saturated heterocycles. The Morgan fingerprint density at radius 1 is 1.10 bits per heavy atom. The second-order valence-corrected chi connectivity index (χ2v) is 8.22. The number of rotatable bonds is 6. The van der Waals surface area contributed by atoms with Crippen molar-refractivity contribution in [3.63, 3.8) is 0 Å². The van der Waals surface area contributed by atoms with Gasteiger partial charge in [0.1, 0.15) is 4.88 Å². The highest BCUT2D eigenvalue weighted by atomic mass is 35.5. The first-order chi connectivity index (χ1) is 13.8. The summed E-state index contributed by atoms with van der Waals surface area (Å²) in [5, 5.41) is 20.0. The number of carbonyl (C=O) groups is 2. The van der Waals surface area contributed by atoms with Gasteiger partial charge in [-0.3, -0.25) is 4.79 Å². The van der Waals surface area contributed by atoms with Gasteiger partial charge in [0.05, 0.1) is 28.9 Å². The molecule has 3 rings (SSSR count). The van der Waals surface area contributed by atoms with Crippen molar-refractivity contribution in [3.8, 4) is 10.4 Å². The molecule has 2 aromatic carbocycles. The number of aliphatic hydroxyl groups is 1. The summed E-state index contributed by atoms with van der Waals surface area (Å²) in [4.78, 5) is 27.2. The number of amides is 1. The van der Waals surface area contributed by atoms with Crippen molar-refractivity contribution in [3.05, 3.63) is 75.1 Å². The van der Waals surface area contributed by atoms with E-state index in [1.54, 1.807) is 13.0 Å². The maximum absolute atomic E-state index is 13.3. The molecule has 5 nitrogen and oxygen atoms in total. The normalized spacial score (nSPS) is 11.9. The lowest BCUT2D eigenvalue weighted by Crippen LogP contribution is -2.41. The van der Waals surface area contributed by atoms with Crippen LogP contribution >= 0.6 is 34.5 Å². The van der Waals surface area contributed by atoms with Crippen LogP contribution in [0.15, 0.2) is 54.6 Å². The topological polar surface area (TPSA) is 77.8 Å². The van der Waals surface area contributed by atoms with E-state index in [0.717, 1.165) is 16.9 Å². The summed E-state index contributed by atoms with van der Waals surface area (Å²) >= 11 is 13.2. The SMILES string of the molecule is CC(CO)N(C(=O)c1ccc(Cl)cc1Cl)c1cc(-c2ccccc2)sc1C(=O)O. The molecule has 3 aromatic rings. The summed E-state index contributed by atoms with van der Waals surface area (Å²) in [6.07, 6.45) is 0. The van der Waals surface area contributed by atoms with Crippen molar-refractivity contribution in [2.45, 2.75) is 13.0 Å². The average Bonchev–Trinajstić information content (AvgIpc) is 3.13. The Morgan fingerprint density at radius 2 is 1.79 bits per heavy atom. The predicted octanol–water partition coefficient (Wildman–Crippen LogP) is 5.45. The van der Waals surface area contributed by atoms with Gasteiger partial charge >= 0.3 is 5.97 Å². The lowest BCUT2D eigenvalue weighted by Gasteiger charge is -2.28. The van der Waals surface area contributed by atoms with Crippen LogP contribution in [-0.4, -0.2) is 34.7 Å². The number of aromatic carboxylic acids is 1. The number of carboxylic acid groups (broad SMARTS) is 1. The van der Waals surface area contributed by atoms with Gasteiger partial charge in [-0.2, -0.15) is 0 Å². The number of benzene rings is 2. The number of anilines is 1. The third-order valence-electron chi connectivity index (χ3n) is 4.31. The molecular formula is C21H17Cl2NO4S. The Labute approximate surface area is 181 Å². The zero-order valence-electron chi connectivity index (χ0n) is 15.3. The van der Waals surface area contributed by atoms with Gasteiger partial charge in [0.15, 0.2) is 0 Å². The first-order valence-electron chi connectivity index (χ1n) is 8.65. The molecule has 1 amide bonds. The van der Waals surface area contributed by atoms with Crippen LogP contribution in [0.4, 0.5) is 5.69 Å². The zero-order chi connectivity index (χ0) is 21.1. The Balaban J connectivity index is 2.15. The number of nitrogens with zero attached hydrogens (tertiary/aromatic N) is 1. The standard InChI is InChI=1S/C21H17Cl2NO4S/c1-12(11-25)24(20(26)15-8-7-14(22)9-16(15)23)17-10-18(29-19(17)21(27)28)13-5-3-2-4-6-13/h2-10,12,25H,11H2,1H3,(H,27,28). The Hall–Kier alpha value is -2.38. The Bertz CT molecular complexity index is 1050. The maximum atomic E-state index is 13.3. The fourth-order valence-electron chi connectivity index (χ4n) is 2.88. The van der Waals surface area contributed by atoms with Crippen LogP contribution in [-0.2, 0) is 0 Å². The molecule has 150 valence electrons.